The fraction of sp³-hybridized carbons (Fsp3) is 0.562. The molecule has 1 aromatic carbocycles. The van der Waals surface area contributed by atoms with Gasteiger partial charge in [0.1, 0.15) is 6.61 Å². The molecule has 98 valence electrons. The predicted octanol–water partition coefficient (Wildman–Crippen LogP) is 3.77. The minimum Gasteiger partial charge on any atom is -0.370 e. The lowest BCUT2D eigenvalue weighted by Gasteiger charge is -2.28. The highest BCUT2D eigenvalue weighted by Gasteiger charge is 2.22. The largest absolute Gasteiger partial charge is 0.370 e. The number of hydrogen-bond donors (Lipinski definition) is 0. The minimum absolute atomic E-state index is 0.103. The predicted molar refractivity (Wildman–Crippen MR) is 72.9 cm³/mol. The molecule has 2 atom stereocenters. The maximum Gasteiger partial charge on any atom is 0.188 e. The molecule has 0 amide bonds. The molecule has 0 heterocycles. The zero-order valence-electron chi connectivity index (χ0n) is 11.3. The summed E-state index contributed by atoms with van der Waals surface area (Å²) in [4.78, 5) is 12.1. The quantitative estimate of drug-likeness (QED) is 0.756. The van der Waals surface area contributed by atoms with Gasteiger partial charge in [0.2, 0.25) is 0 Å². The zero-order valence-corrected chi connectivity index (χ0v) is 11.3. The van der Waals surface area contributed by atoms with Crippen molar-refractivity contribution in [3.05, 3.63) is 35.4 Å². The number of Topliss-reactive ketones (excluding diaryl/α,β-unsaturated/α-hetero) is 1. The number of aryl methyl sites for hydroxylation is 1. The van der Waals surface area contributed by atoms with Gasteiger partial charge in [0, 0.05) is 5.56 Å². The Labute approximate surface area is 109 Å². The fourth-order valence-corrected chi connectivity index (χ4v) is 2.68. The van der Waals surface area contributed by atoms with Crippen LogP contribution in [0.1, 0.15) is 48.5 Å². The Balaban J connectivity index is 1.90. The number of ketones is 1. The summed E-state index contributed by atoms with van der Waals surface area (Å²) in [5.74, 6) is 0.689. The Kier molecular flexibility index (Phi) is 4.54. The Bertz CT molecular complexity index is 411. The molecule has 2 heteroatoms. The van der Waals surface area contributed by atoms with E-state index in [2.05, 4.69) is 6.92 Å². The van der Waals surface area contributed by atoms with Crippen molar-refractivity contribution in [3.63, 3.8) is 0 Å². The molecule has 0 spiro atoms. The summed E-state index contributed by atoms with van der Waals surface area (Å²) in [6.07, 6.45) is 5.12. The maximum atomic E-state index is 12.1. The monoisotopic (exact) mass is 246 g/mol. The van der Waals surface area contributed by atoms with E-state index in [1.807, 2.05) is 31.2 Å². The van der Waals surface area contributed by atoms with Gasteiger partial charge in [-0.15, -0.1) is 0 Å². The van der Waals surface area contributed by atoms with Crippen LogP contribution in [0, 0.1) is 12.8 Å². The third kappa shape index (κ3) is 3.20. The van der Waals surface area contributed by atoms with E-state index in [0.29, 0.717) is 5.92 Å². The average Bonchev–Trinajstić information content (AvgIpc) is 2.38. The van der Waals surface area contributed by atoms with Crippen LogP contribution in [0.2, 0.25) is 0 Å². The molecule has 1 aromatic rings. The van der Waals surface area contributed by atoms with Gasteiger partial charge < -0.3 is 4.74 Å². The van der Waals surface area contributed by atoms with Gasteiger partial charge >= 0.3 is 0 Å². The molecule has 1 saturated carbocycles. The third-order valence-corrected chi connectivity index (χ3v) is 3.91. The van der Waals surface area contributed by atoms with Crippen LogP contribution >= 0.6 is 0 Å². The van der Waals surface area contributed by atoms with E-state index in [0.717, 1.165) is 17.5 Å². The average molecular weight is 246 g/mol. The second-order valence-corrected chi connectivity index (χ2v) is 5.35. The highest BCUT2D eigenvalue weighted by Crippen LogP contribution is 2.26. The van der Waals surface area contributed by atoms with E-state index in [-0.39, 0.29) is 18.5 Å². The van der Waals surface area contributed by atoms with E-state index >= 15 is 0 Å². The summed E-state index contributed by atoms with van der Waals surface area (Å²) in [6, 6.07) is 7.71. The van der Waals surface area contributed by atoms with Crippen LogP contribution in [0.15, 0.2) is 24.3 Å². The number of rotatable bonds is 4. The second-order valence-electron chi connectivity index (χ2n) is 5.35. The van der Waals surface area contributed by atoms with Crippen LogP contribution in [0.3, 0.4) is 0 Å². The summed E-state index contributed by atoms with van der Waals surface area (Å²) >= 11 is 0. The molecule has 0 saturated heterocycles. The van der Waals surface area contributed by atoms with Crippen LogP contribution in [0.4, 0.5) is 0 Å². The van der Waals surface area contributed by atoms with Crippen molar-refractivity contribution in [1.29, 1.82) is 0 Å². The highest BCUT2D eigenvalue weighted by molar-refractivity contribution is 5.98. The lowest BCUT2D eigenvalue weighted by molar-refractivity contribution is 0.000726. The summed E-state index contributed by atoms with van der Waals surface area (Å²) < 4.78 is 5.82. The number of hydrogen-bond acceptors (Lipinski definition) is 2. The SMILES string of the molecule is Cc1ccccc1C(=O)COC1CCCCC1C. The first-order valence-corrected chi connectivity index (χ1v) is 6.89. The van der Waals surface area contributed by atoms with Crippen LogP contribution in [-0.2, 0) is 4.74 Å². The van der Waals surface area contributed by atoms with Crippen molar-refractivity contribution in [2.45, 2.75) is 45.6 Å². The summed E-state index contributed by atoms with van der Waals surface area (Å²) in [7, 11) is 0. The molecule has 0 aliphatic heterocycles. The van der Waals surface area contributed by atoms with E-state index in [1.165, 1.54) is 19.3 Å². The minimum atomic E-state index is 0.103. The van der Waals surface area contributed by atoms with Gasteiger partial charge in [-0.2, -0.15) is 0 Å². The molecule has 0 aromatic heterocycles. The molecule has 2 unspecified atom stereocenters. The van der Waals surface area contributed by atoms with Crippen LogP contribution < -0.4 is 0 Å². The van der Waals surface area contributed by atoms with Gasteiger partial charge in [-0.25, -0.2) is 0 Å². The molecule has 1 fully saturated rings. The fourth-order valence-electron chi connectivity index (χ4n) is 2.68. The molecule has 2 rings (SSSR count). The van der Waals surface area contributed by atoms with E-state index in [1.54, 1.807) is 0 Å². The van der Waals surface area contributed by atoms with Crippen molar-refractivity contribution >= 4 is 5.78 Å². The zero-order chi connectivity index (χ0) is 13.0. The Morgan fingerprint density at radius 3 is 2.72 bits per heavy atom. The Morgan fingerprint density at radius 2 is 2.00 bits per heavy atom. The molecule has 18 heavy (non-hydrogen) atoms. The number of carbonyl (C=O) groups is 1. The molecule has 1 aliphatic carbocycles. The third-order valence-electron chi connectivity index (χ3n) is 3.91. The van der Waals surface area contributed by atoms with Crippen molar-refractivity contribution in [2.75, 3.05) is 6.61 Å². The van der Waals surface area contributed by atoms with E-state index in [4.69, 9.17) is 4.74 Å². The van der Waals surface area contributed by atoms with Gasteiger partial charge in [0.15, 0.2) is 5.78 Å². The summed E-state index contributed by atoms with van der Waals surface area (Å²) in [5.41, 5.74) is 1.82. The molecule has 1 aliphatic rings. The summed E-state index contributed by atoms with van der Waals surface area (Å²) in [5, 5.41) is 0. The molecule has 0 N–H and O–H groups in total. The number of carbonyl (C=O) groups excluding carboxylic acids is 1. The topological polar surface area (TPSA) is 26.3 Å². The first-order valence-electron chi connectivity index (χ1n) is 6.89. The molecule has 0 radical (unpaired) electrons. The lowest BCUT2D eigenvalue weighted by Crippen LogP contribution is -2.28. The lowest BCUT2D eigenvalue weighted by atomic mass is 9.88. The normalized spacial score (nSPS) is 23.9. The van der Waals surface area contributed by atoms with Gasteiger partial charge in [-0.3, -0.25) is 4.79 Å². The van der Waals surface area contributed by atoms with Crippen LogP contribution in [-0.4, -0.2) is 18.5 Å². The Hall–Kier alpha value is -1.15. The molecule has 2 nitrogen and oxygen atoms in total. The first kappa shape index (κ1) is 13.3. The standard InChI is InChI=1S/C16H22O2/c1-12-7-3-5-9-14(12)15(17)11-18-16-10-6-4-8-13(16)2/h3,5,7,9,13,16H,4,6,8,10-11H2,1-2H3. The van der Waals surface area contributed by atoms with Crippen molar-refractivity contribution in [1.82, 2.24) is 0 Å². The van der Waals surface area contributed by atoms with Crippen molar-refractivity contribution in [2.24, 2.45) is 5.92 Å². The van der Waals surface area contributed by atoms with Gasteiger partial charge in [0.25, 0.3) is 0 Å². The van der Waals surface area contributed by atoms with Crippen molar-refractivity contribution < 1.29 is 9.53 Å². The van der Waals surface area contributed by atoms with Crippen LogP contribution in [0.25, 0.3) is 0 Å². The van der Waals surface area contributed by atoms with E-state index in [9.17, 15) is 4.79 Å². The maximum absolute atomic E-state index is 12.1. The van der Waals surface area contributed by atoms with E-state index < -0.39 is 0 Å². The highest BCUT2D eigenvalue weighted by atomic mass is 16.5. The van der Waals surface area contributed by atoms with Crippen LogP contribution in [0.5, 0.6) is 0 Å². The van der Waals surface area contributed by atoms with Gasteiger partial charge in [0.05, 0.1) is 6.10 Å². The molecular weight excluding hydrogens is 224 g/mol. The van der Waals surface area contributed by atoms with Crippen molar-refractivity contribution in [3.8, 4) is 0 Å². The number of ether oxygens (including phenoxy) is 1. The second kappa shape index (κ2) is 6.14. The smallest absolute Gasteiger partial charge is 0.188 e. The Morgan fingerprint density at radius 1 is 1.28 bits per heavy atom. The van der Waals surface area contributed by atoms with Gasteiger partial charge in [-0.05, 0) is 31.2 Å². The van der Waals surface area contributed by atoms with Gasteiger partial charge in [-0.1, -0.05) is 44.0 Å². The molecular formula is C16H22O2. The molecule has 0 bridgehead atoms. The summed E-state index contributed by atoms with van der Waals surface area (Å²) in [6.45, 7) is 4.42. The number of benzene rings is 1. The first-order chi connectivity index (χ1) is 8.68.